The zero-order chi connectivity index (χ0) is 8.97. The van der Waals surface area contributed by atoms with E-state index in [9.17, 15) is 0 Å². The monoisotopic (exact) mass is 167 g/mol. The van der Waals surface area contributed by atoms with E-state index in [4.69, 9.17) is 10.8 Å². The summed E-state index contributed by atoms with van der Waals surface area (Å²) in [6.07, 6.45) is 1.68. The lowest BCUT2D eigenvalue weighted by Crippen LogP contribution is -2.23. The molecule has 0 saturated carbocycles. The van der Waals surface area contributed by atoms with Crippen molar-refractivity contribution in [2.24, 2.45) is 0 Å². The Bertz CT molecular complexity index is 252. The molecule has 4 nitrogen and oxygen atoms in total. The first-order chi connectivity index (χ1) is 5.75. The lowest BCUT2D eigenvalue weighted by Gasteiger charge is -2.17. The summed E-state index contributed by atoms with van der Waals surface area (Å²) >= 11 is 0. The van der Waals surface area contributed by atoms with Gasteiger partial charge in [-0.25, -0.2) is 4.98 Å². The Morgan fingerprint density at radius 3 is 3.00 bits per heavy atom. The van der Waals surface area contributed by atoms with E-state index in [-0.39, 0.29) is 6.61 Å². The van der Waals surface area contributed by atoms with E-state index in [2.05, 4.69) is 4.98 Å². The van der Waals surface area contributed by atoms with Crippen LogP contribution in [0.2, 0.25) is 0 Å². The van der Waals surface area contributed by atoms with Crippen LogP contribution in [0.25, 0.3) is 0 Å². The van der Waals surface area contributed by atoms with Gasteiger partial charge in [0.05, 0.1) is 12.3 Å². The first-order valence-corrected chi connectivity index (χ1v) is 3.78. The molecule has 1 aromatic rings. The second kappa shape index (κ2) is 3.92. The van der Waals surface area contributed by atoms with Crippen molar-refractivity contribution < 1.29 is 5.11 Å². The number of hydrogen-bond donors (Lipinski definition) is 2. The van der Waals surface area contributed by atoms with Gasteiger partial charge in [0.2, 0.25) is 0 Å². The lowest BCUT2D eigenvalue weighted by atomic mass is 10.4. The highest BCUT2D eigenvalue weighted by atomic mass is 16.3. The van der Waals surface area contributed by atoms with Gasteiger partial charge in [0, 0.05) is 19.8 Å². The average molecular weight is 167 g/mol. The Balaban J connectivity index is 2.79. The molecule has 0 amide bonds. The van der Waals surface area contributed by atoms with Crippen molar-refractivity contribution in [3.63, 3.8) is 0 Å². The zero-order valence-corrected chi connectivity index (χ0v) is 7.07. The van der Waals surface area contributed by atoms with Crippen LogP contribution in [0.15, 0.2) is 18.3 Å². The van der Waals surface area contributed by atoms with E-state index in [1.165, 1.54) is 0 Å². The molecule has 0 radical (unpaired) electrons. The van der Waals surface area contributed by atoms with Crippen LogP contribution in [0.5, 0.6) is 0 Å². The summed E-state index contributed by atoms with van der Waals surface area (Å²) in [5.74, 6) is 0.714. The number of aliphatic hydroxyl groups excluding tert-OH is 1. The van der Waals surface area contributed by atoms with E-state index >= 15 is 0 Å². The van der Waals surface area contributed by atoms with Crippen molar-refractivity contribution in [3.05, 3.63) is 18.3 Å². The molecule has 0 fully saturated rings. The molecule has 0 atom stereocenters. The maximum absolute atomic E-state index is 8.68. The number of aliphatic hydroxyl groups is 1. The SMILES string of the molecule is CN(CCO)c1ncccc1N. The number of rotatable bonds is 3. The fraction of sp³-hybridized carbons (Fsp3) is 0.375. The molecule has 0 aliphatic rings. The first-order valence-electron chi connectivity index (χ1n) is 3.78. The number of aromatic nitrogens is 1. The zero-order valence-electron chi connectivity index (χ0n) is 7.07. The topological polar surface area (TPSA) is 62.4 Å². The number of pyridine rings is 1. The molecule has 1 rings (SSSR count). The van der Waals surface area contributed by atoms with Gasteiger partial charge in [0.1, 0.15) is 0 Å². The Hall–Kier alpha value is -1.29. The van der Waals surface area contributed by atoms with Crippen molar-refractivity contribution >= 4 is 11.5 Å². The fourth-order valence-corrected chi connectivity index (χ4v) is 0.984. The number of hydrogen-bond acceptors (Lipinski definition) is 4. The second-order valence-electron chi connectivity index (χ2n) is 2.56. The van der Waals surface area contributed by atoms with Gasteiger partial charge >= 0.3 is 0 Å². The molecule has 0 aliphatic heterocycles. The van der Waals surface area contributed by atoms with Crippen molar-refractivity contribution in [2.75, 3.05) is 30.8 Å². The van der Waals surface area contributed by atoms with Crippen LogP contribution >= 0.6 is 0 Å². The molecule has 3 N–H and O–H groups in total. The Morgan fingerprint density at radius 2 is 2.42 bits per heavy atom. The Kier molecular flexibility index (Phi) is 2.88. The van der Waals surface area contributed by atoms with Gasteiger partial charge in [-0.05, 0) is 12.1 Å². The van der Waals surface area contributed by atoms with Crippen LogP contribution < -0.4 is 10.6 Å². The molecule has 0 saturated heterocycles. The van der Waals surface area contributed by atoms with Crippen molar-refractivity contribution in [1.82, 2.24) is 4.98 Å². The van der Waals surface area contributed by atoms with Crippen LogP contribution in [0.1, 0.15) is 0 Å². The smallest absolute Gasteiger partial charge is 0.151 e. The minimum Gasteiger partial charge on any atom is -0.396 e. The quantitative estimate of drug-likeness (QED) is 0.670. The minimum absolute atomic E-state index is 0.104. The summed E-state index contributed by atoms with van der Waals surface area (Å²) in [6.45, 7) is 0.647. The third-order valence-electron chi connectivity index (χ3n) is 1.61. The van der Waals surface area contributed by atoms with Crippen molar-refractivity contribution in [3.8, 4) is 0 Å². The number of likely N-dealkylation sites (N-methyl/N-ethyl adjacent to an activating group) is 1. The van der Waals surface area contributed by atoms with Crippen LogP contribution in [0.4, 0.5) is 11.5 Å². The fourth-order valence-electron chi connectivity index (χ4n) is 0.984. The van der Waals surface area contributed by atoms with Crippen molar-refractivity contribution in [1.29, 1.82) is 0 Å². The van der Waals surface area contributed by atoms with Gasteiger partial charge in [-0.2, -0.15) is 0 Å². The molecule has 4 heteroatoms. The summed E-state index contributed by atoms with van der Waals surface area (Å²) in [6, 6.07) is 3.57. The molecule has 0 aromatic carbocycles. The predicted molar refractivity (Wildman–Crippen MR) is 49.0 cm³/mol. The summed E-state index contributed by atoms with van der Waals surface area (Å²) in [5, 5.41) is 8.68. The number of nitrogen functional groups attached to an aromatic ring is 1. The molecule has 0 unspecified atom stereocenters. The highest BCUT2D eigenvalue weighted by Crippen LogP contribution is 2.16. The van der Waals surface area contributed by atoms with Gasteiger partial charge in [0.15, 0.2) is 5.82 Å². The maximum Gasteiger partial charge on any atom is 0.151 e. The maximum atomic E-state index is 8.68. The van der Waals surface area contributed by atoms with Gasteiger partial charge in [-0.3, -0.25) is 0 Å². The third-order valence-corrected chi connectivity index (χ3v) is 1.61. The predicted octanol–water partition coefficient (Wildman–Crippen LogP) is 0.0923. The van der Waals surface area contributed by atoms with Crippen LogP contribution in [0.3, 0.4) is 0 Å². The Labute approximate surface area is 71.6 Å². The van der Waals surface area contributed by atoms with E-state index in [0.29, 0.717) is 18.1 Å². The van der Waals surface area contributed by atoms with Crippen LogP contribution in [-0.4, -0.2) is 30.3 Å². The molecular formula is C8H13N3O. The van der Waals surface area contributed by atoms with Gasteiger partial charge in [-0.15, -0.1) is 0 Å². The number of nitrogens with zero attached hydrogens (tertiary/aromatic N) is 2. The summed E-state index contributed by atoms with van der Waals surface area (Å²) in [4.78, 5) is 5.90. The molecule has 1 aromatic heterocycles. The van der Waals surface area contributed by atoms with E-state index < -0.39 is 0 Å². The normalized spacial score (nSPS) is 9.83. The molecule has 0 spiro atoms. The van der Waals surface area contributed by atoms with E-state index in [1.54, 1.807) is 18.3 Å². The molecule has 1 heterocycles. The third kappa shape index (κ3) is 1.85. The van der Waals surface area contributed by atoms with Crippen LogP contribution in [0, 0.1) is 0 Å². The molecule has 0 bridgehead atoms. The highest BCUT2D eigenvalue weighted by molar-refractivity contribution is 5.61. The van der Waals surface area contributed by atoms with Crippen molar-refractivity contribution in [2.45, 2.75) is 0 Å². The average Bonchev–Trinajstić information content (AvgIpc) is 2.05. The minimum atomic E-state index is 0.104. The lowest BCUT2D eigenvalue weighted by molar-refractivity contribution is 0.304. The van der Waals surface area contributed by atoms with Gasteiger partial charge < -0.3 is 15.7 Å². The largest absolute Gasteiger partial charge is 0.396 e. The highest BCUT2D eigenvalue weighted by Gasteiger charge is 2.03. The Morgan fingerprint density at radius 1 is 1.67 bits per heavy atom. The van der Waals surface area contributed by atoms with Gasteiger partial charge in [-0.1, -0.05) is 0 Å². The number of anilines is 2. The molecule has 0 aliphatic carbocycles. The molecule has 12 heavy (non-hydrogen) atoms. The molecular weight excluding hydrogens is 154 g/mol. The number of nitrogens with two attached hydrogens (primary N) is 1. The standard InChI is InChI=1S/C8H13N3O/c1-11(5-6-12)8-7(9)3-2-4-10-8/h2-4,12H,5-6,9H2,1H3. The first kappa shape index (κ1) is 8.80. The summed E-state index contributed by atoms with van der Waals surface area (Å²) < 4.78 is 0. The summed E-state index contributed by atoms with van der Waals surface area (Å²) in [7, 11) is 1.84. The second-order valence-corrected chi connectivity index (χ2v) is 2.56. The summed E-state index contributed by atoms with van der Waals surface area (Å²) in [5.41, 5.74) is 6.30. The van der Waals surface area contributed by atoms with Crippen LogP contribution in [-0.2, 0) is 0 Å². The van der Waals surface area contributed by atoms with E-state index in [1.807, 2.05) is 11.9 Å². The molecule has 66 valence electrons. The van der Waals surface area contributed by atoms with E-state index in [0.717, 1.165) is 0 Å². The van der Waals surface area contributed by atoms with Gasteiger partial charge in [0.25, 0.3) is 0 Å².